The van der Waals surface area contributed by atoms with Crippen LogP contribution in [0.3, 0.4) is 0 Å². The molecule has 156 valence electrons. The van der Waals surface area contributed by atoms with E-state index in [0.29, 0.717) is 23.3 Å². The number of aliphatic hydroxyl groups is 1. The summed E-state index contributed by atoms with van der Waals surface area (Å²) in [5, 5.41) is 11.0. The molecule has 7 atom stereocenters. The van der Waals surface area contributed by atoms with Gasteiger partial charge in [-0.2, -0.15) is 0 Å². The number of hydrogen-bond donors (Lipinski definition) is 1. The lowest BCUT2D eigenvalue weighted by molar-refractivity contribution is -0.121. The number of allylic oxidation sites excluding steroid dienone is 4. The lowest BCUT2D eigenvalue weighted by Gasteiger charge is -2.42. The van der Waals surface area contributed by atoms with Gasteiger partial charge in [0.25, 0.3) is 0 Å². The Bertz CT molecular complexity index is 682. The highest BCUT2D eigenvalue weighted by molar-refractivity contribution is 5.94. The van der Waals surface area contributed by atoms with Gasteiger partial charge >= 0.3 is 0 Å². The molecule has 0 spiro atoms. The summed E-state index contributed by atoms with van der Waals surface area (Å²) >= 11 is 0. The molecule has 28 heavy (non-hydrogen) atoms. The number of hydrogen-bond acceptors (Lipinski definition) is 3. The van der Waals surface area contributed by atoms with Crippen molar-refractivity contribution in [1.29, 1.82) is 0 Å². The molecule has 0 aromatic rings. The molecule has 0 aromatic carbocycles. The van der Waals surface area contributed by atoms with E-state index in [-0.39, 0.29) is 23.5 Å². The van der Waals surface area contributed by atoms with Crippen LogP contribution in [-0.2, 0) is 9.59 Å². The molecule has 3 rings (SSSR count). The number of carbonyl (C=O) groups is 2. The number of aldehydes is 1. The Kier molecular flexibility index (Phi) is 6.06. The molecule has 3 aliphatic rings. The van der Waals surface area contributed by atoms with Gasteiger partial charge in [0.05, 0.1) is 11.5 Å². The van der Waals surface area contributed by atoms with Crippen LogP contribution in [0.15, 0.2) is 23.3 Å². The summed E-state index contributed by atoms with van der Waals surface area (Å²) in [5.41, 5.74) is 1.14. The van der Waals surface area contributed by atoms with Crippen LogP contribution in [0.5, 0.6) is 0 Å². The molecule has 0 aliphatic heterocycles. The van der Waals surface area contributed by atoms with Crippen molar-refractivity contribution in [2.75, 3.05) is 0 Å². The zero-order valence-corrected chi connectivity index (χ0v) is 18.3. The highest BCUT2D eigenvalue weighted by Gasteiger charge is 2.56. The van der Waals surface area contributed by atoms with Crippen molar-refractivity contribution in [2.45, 2.75) is 85.2 Å². The molecule has 3 heteroatoms. The van der Waals surface area contributed by atoms with Crippen molar-refractivity contribution in [3.63, 3.8) is 0 Å². The lowest BCUT2D eigenvalue weighted by Crippen LogP contribution is -2.40. The third kappa shape index (κ3) is 3.92. The Morgan fingerprint density at radius 1 is 1.32 bits per heavy atom. The molecule has 0 aromatic heterocycles. The Morgan fingerprint density at radius 3 is 2.68 bits per heavy atom. The van der Waals surface area contributed by atoms with Gasteiger partial charge in [0, 0.05) is 12.3 Å². The predicted molar refractivity (Wildman–Crippen MR) is 113 cm³/mol. The van der Waals surface area contributed by atoms with E-state index in [1.54, 1.807) is 6.92 Å². The minimum Gasteiger partial charge on any atom is -0.389 e. The largest absolute Gasteiger partial charge is 0.389 e. The maximum absolute atomic E-state index is 12.6. The van der Waals surface area contributed by atoms with Gasteiger partial charge in [0.15, 0.2) is 0 Å². The minimum atomic E-state index is -0.998. The SMILES string of the molecule is CC(C)=CCCC(C)C1CCC2(C)CC3C(C(=O)CC3(C)O)C(C=O)=CCC12. The predicted octanol–water partition coefficient (Wildman–Crippen LogP) is 5.28. The van der Waals surface area contributed by atoms with E-state index in [4.69, 9.17) is 0 Å². The Balaban J connectivity index is 1.87. The summed E-state index contributed by atoms with van der Waals surface area (Å²) in [6, 6.07) is 0. The van der Waals surface area contributed by atoms with Crippen molar-refractivity contribution in [1.82, 2.24) is 0 Å². The van der Waals surface area contributed by atoms with Crippen LogP contribution in [0.25, 0.3) is 0 Å². The highest BCUT2D eigenvalue weighted by Crippen LogP contribution is 2.59. The summed E-state index contributed by atoms with van der Waals surface area (Å²) in [6.07, 6.45) is 11.9. The summed E-state index contributed by atoms with van der Waals surface area (Å²) in [7, 11) is 0. The van der Waals surface area contributed by atoms with Gasteiger partial charge in [-0.25, -0.2) is 0 Å². The van der Waals surface area contributed by atoms with E-state index in [2.05, 4.69) is 33.8 Å². The van der Waals surface area contributed by atoms with Gasteiger partial charge in [-0.3, -0.25) is 9.59 Å². The molecule has 2 saturated carbocycles. The summed E-state index contributed by atoms with van der Waals surface area (Å²) in [5.74, 6) is 1.33. The topological polar surface area (TPSA) is 54.4 Å². The molecule has 0 radical (unpaired) electrons. The molecule has 0 bridgehead atoms. The van der Waals surface area contributed by atoms with Crippen LogP contribution in [0.4, 0.5) is 0 Å². The normalized spacial score (nSPS) is 41.4. The summed E-state index contributed by atoms with van der Waals surface area (Å²) in [6.45, 7) is 10.9. The number of rotatable bonds is 5. The zero-order valence-electron chi connectivity index (χ0n) is 18.3. The molecular weight excluding hydrogens is 348 g/mol. The van der Waals surface area contributed by atoms with Crippen LogP contribution < -0.4 is 0 Å². The van der Waals surface area contributed by atoms with Crippen molar-refractivity contribution in [3.05, 3.63) is 23.3 Å². The number of fused-ring (bicyclic) bond motifs is 2. The molecule has 0 amide bonds. The van der Waals surface area contributed by atoms with E-state index in [1.807, 2.05) is 6.08 Å². The number of carbonyl (C=O) groups excluding carboxylic acids is 2. The molecule has 2 fully saturated rings. The minimum absolute atomic E-state index is 0.0417. The first kappa shape index (κ1) is 21.5. The van der Waals surface area contributed by atoms with E-state index in [1.165, 1.54) is 18.4 Å². The maximum atomic E-state index is 12.6. The molecular formula is C25H38O3. The molecule has 0 saturated heterocycles. The zero-order chi connectivity index (χ0) is 20.7. The van der Waals surface area contributed by atoms with Crippen molar-refractivity contribution >= 4 is 12.1 Å². The average molecular weight is 387 g/mol. The fraction of sp³-hybridized carbons (Fsp3) is 0.760. The van der Waals surface area contributed by atoms with Crippen molar-refractivity contribution in [3.8, 4) is 0 Å². The van der Waals surface area contributed by atoms with E-state index in [0.717, 1.165) is 32.0 Å². The van der Waals surface area contributed by atoms with Crippen LogP contribution in [0.2, 0.25) is 0 Å². The maximum Gasteiger partial charge on any atom is 0.146 e. The Morgan fingerprint density at radius 2 is 2.04 bits per heavy atom. The fourth-order valence-corrected chi connectivity index (χ4v) is 6.59. The number of Topliss-reactive ketones (excluding diaryl/α,β-unsaturated/α-hetero) is 1. The highest BCUT2D eigenvalue weighted by atomic mass is 16.3. The first-order chi connectivity index (χ1) is 13.1. The van der Waals surface area contributed by atoms with E-state index >= 15 is 0 Å². The second kappa shape index (κ2) is 7.89. The third-order valence-electron chi connectivity index (χ3n) is 8.24. The average Bonchev–Trinajstić information content (AvgIpc) is 3.01. The molecule has 0 heterocycles. The monoisotopic (exact) mass is 386 g/mol. The fourth-order valence-electron chi connectivity index (χ4n) is 6.59. The standard InChI is InChI=1S/C25H38O3/c1-16(2)7-6-8-17(3)19-11-12-24(4)13-21-23(22(27)14-25(21,5)28)18(15-26)9-10-20(19)24/h7,9,15,17,19-21,23,28H,6,8,10-14H2,1-5H3. The summed E-state index contributed by atoms with van der Waals surface area (Å²) in [4.78, 5) is 24.4. The molecule has 3 aliphatic carbocycles. The second-order valence-electron chi connectivity index (χ2n) is 10.6. The van der Waals surface area contributed by atoms with E-state index in [9.17, 15) is 14.7 Å². The number of ketones is 1. The van der Waals surface area contributed by atoms with E-state index < -0.39 is 11.5 Å². The first-order valence-electron chi connectivity index (χ1n) is 11.1. The molecule has 7 unspecified atom stereocenters. The summed E-state index contributed by atoms with van der Waals surface area (Å²) < 4.78 is 0. The Labute approximate surface area is 170 Å². The smallest absolute Gasteiger partial charge is 0.146 e. The molecule has 1 N–H and O–H groups in total. The van der Waals surface area contributed by atoms with Gasteiger partial charge in [0.1, 0.15) is 12.1 Å². The third-order valence-corrected chi connectivity index (χ3v) is 8.24. The molecule has 3 nitrogen and oxygen atoms in total. The first-order valence-corrected chi connectivity index (χ1v) is 11.1. The van der Waals surface area contributed by atoms with Gasteiger partial charge in [0.2, 0.25) is 0 Å². The van der Waals surface area contributed by atoms with Crippen LogP contribution in [0.1, 0.15) is 79.6 Å². The van der Waals surface area contributed by atoms with Gasteiger partial charge < -0.3 is 5.11 Å². The van der Waals surface area contributed by atoms with Gasteiger partial charge in [-0.1, -0.05) is 31.6 Å². The van der Waals surface area contributed by atoms with Crippen LogP contribution in [-0.4, -0.2) is 22.8 Å². The quantitative estimate of drug-likeness (QED) is 0.517. The van der Waals surface area contributed by atoms with Crippen molar-refractivity contribution < 1.29 is 14.7 Å². The van der Waals surface area contributed by atoms with Crippen LogP contribution in [0, 0.1) is 35.0 Å². The van der Waals surface area contributed by atoms with Crippen molar-refractivity contribution in [2.24, 2.45) is 35.0 Å². The second-order valence-corrected chi connectivity index (χ2v) is 10.6. The lowest BCUT2D eigenvalue weighted by atomic mass is 9.62. The van der Waals surface area contributed by atoms with Gasteiger partial charge in [-0.15, -0.1) is 0 Å². The van der Waals surface area contributed by atoms with Gasteiger partial charge in [-0.05, 0) is 88.0 Å². The Hall–Kier alpha value is -1.22. The van der Waals surface area contributed by atoms with Crippen LogP contribution >= 0.6 is 0 Å².